The number of rotatable bonds is 1. The van der Waals surface area contributed by atoms with Gasteiger partial charge in [0.1, 0.15) is 0 Å². The SMILES string of the molecule is CC(C)C1CCCc2nc3ccccc3cc21. The molecule has 0 bridgehead atoms. The fraction of sp³-hybridized carbons (Fsp3) is 0.438. The zero-order chi connectivity index (χ0) is 11.8. The third kappa shape index (κ3) is 1.84. The largest absolute Gasteiger partial charge is 0.253 e. The van der Waals surface area contributed by atoms with Crippen LogP contribution in [0.3, 0.4) is 0 Å². The summed E-state index contributed by atoms with van der Waals surface area (Å²) in [6, 6.07) is 10.8. The molecule has 1 aromatic carbocycles. The molecule has 0 radical (unpaired) electrons. The fourth-order valence-corrected chi connectivity index (χ4v) is 3.03. The summed E-state index contributed by atoms with van der Waals surface area (Å²) < 4.78 is 0. The summed E-state index contributed by atoms with van der Waals surface area (Å²) in [6.45, 7) is 4.66. The lowest BCUT2D eigenvalue weighted by atomic mass is 9.78. The van der Waals surface area contributed by atoms with Crippen LogP contribution in [-0.4, -0.2) is 4.98 Å². The summed E-state index contributed by atoms with van der Waals surface area (Å²) in [4.78, 5) is 4.85. The lowest BCUT2D eigenvalue weighted by Crippen LogP contribution is -2.16. The first-order valence-corrected chi connectivity index (χ1v) is 6.64. The quantitative estimate of drug-likeness (QED) is 0.704. The molecule has 2 aromatic rings. The minimum Gasteiger partial charge on any atom is -0.253 e. The van der Waals surface area contributed by atoms with E-state index in [0.29, 0.717) is 5.92 Å². The summed E-state index contributed by atoms with van der Waals surface area (Å²) in [5.74, 6) is 1.42. The van der Waals surface area contributed by atoms with E-state index in [9.17, 15) is 0 Å². The van der Waals surface area contributed by atoms with Gasteiger partial charge in [-0.15, -0.1) is 0 Å². The zero-order valence-electron chi connectivity index (χ0n) is 10.6. The first kappa shape index (κ1) is 10.8. The predicted octanol–water partition coefficient (Wildman–Crippen LogP) is 4.31. The molecule has 0 amide bonds. The summed E-state index contributed by atoms with van der Waals surface area (Å²) in [6.07, 6.45) is 3.77. The molecule has 1 aromatic heterocycles. The van der Waals surface area contributed by atoms with Crippen LogP contribution >= 0.6 is 0 Å². The van der Waals surface area contributed by atoms with Crippen LogP contribution in [0.1, 0.15) is 43.9 Å². The highest BCUT2D eigenvalue weighted by Crippen LogP contribution is 2.37. The van der Waals surface area contributed by atoms with Crippen LogP contribution in [0.25, 0.3) is 10.9 Å². The number of fused-ring (bicyclic) bond motifs is 2. The first-order valence-electron chi connectivity index (χ1n) is 6.64. The van der Waals surface area contributed by atoms with Crippen LogP contribution < -0.4 is 0 Å². The normalized spacial score (nSPS) is 19.6. The third-order valence-electron chi connectivity index (χ3n) is 3.97. The molecular formula is C16H19N. The van der Waals surface area contributed by atoms with Crippen molar-refractivity contribution in [1.29, 1.82) is 0 Å². The van der Waals surface area contributed by atoms with Gasteiger partial charge in [0, 0.05) is 11.1 Å². The molecule has 1 heterocycles. The molecule has 1 aliphatic rings. The Kier molecular flexibility index (Phi) is 2.62. The van der Waals surface area contributed by atoms with Gasteiger partial charge >= 0.3 is 0 Å². The maximum absolute atomic E-state index is 4.85. The van der Waals surface area contributed by atoms with Gasteiger partial charge in [-0.3, -0.25) is 4.98 Å². The van der Waals surface area contributed by atoms with Crippen molar-refractivity contribution in [3.05, 3.63) is 41.6 Å². The Morgan fingerprint density at radius 3 is 2.88 bits per heavy atom. The maximum Gasteiger partial charge on any atom is 0.0705 e. The highest BCUT2D eigenvalue weighted by molar-refractivity contribution is 5.79. The van der Waals surface area contributed by atoms with Crippen LogP contribution in [0.4, 0.5) is 0 Å². The van der Waals surface area contributed by atoms with Crippen molar-refractivity contribution in [2.24, 2.45) is 5.92 Å². The van der Waals surface area contributed by atoms with Crippen LogP contribution in [0, 0.1) is 5.92 Å². The number of pyridine rings is 1. The Labute approximate surface area is 103 Å². The minimum absolute atomic E-state index is 0.704. The molecule has 17 heavy (non-hydrogen) atoms. The molecule has 0 saturated carbocycles. The molecule has 0 fully saturated rings. The van der Waals surface area contributed by atoms with Crippen molar-refractivity contribution in [3.63, 3.8) is 0 Å². The Morgan fingerprint density at radius 1 is 1.24 bits per heavy atom. The standard InChI is InChI=1S/C16H19N/c1-11(2)13-7-5-9-16-14(13)10-12-6-3-4-8-15(12)17-16/h3-4,6,8,10-11,13H,5,7,9H2,1-2H3. The molecule has 3 rings (SSSR count). The van der Waals surface area contributed by atoms with E-state index >= 15 is 0 Å². The molecular weight excluding hydrogens is 206 g/mol. The van der Waals surface area contributed by atoms with Crippen molar-refractivity contribution < 1.29 is 0 Å². The summed E-state index contributed by atoms with van der Waals surface area (Å²) in [7, 11) is 0. The lowest BCUT2D eigenvalue weighted by Gasteiger charge is -2.28. The Balaban J connectivity index is 2.19. The van der Waals surface area contributed by atoms with E-state index in [-0.39, 0.29) is 0 Å². The van der Waals surface area contributed by atoms with Gasteiger partial charge in [0.25, 0.3) is 0 Å². The summed E-state index contributed by atoms with van der Waals surface area (Å²) in [5.41, 5.74) is 3.99. The second kappa shape index (κ2) is 4.14. The van der Waals surface area contributed by atoms with Gasteiger partial charge in [-0.2, -0.15) is 0 Å². The second-order valence-corrected chi connectivity index (χ2v) is 5.46. The van der Waals surface area contributed by atoms with Gasteiger partial charge in [-0.1, -0.05) is 32.0 Å². The number of aryl methyl sites for hydroxylation is 1. The van der Waals surface area contributed by atoms with Gasteiger partial charge in [0.15, 0.2) is 0 Å². The van der Waals surface area contributed by atoms with Crippen molar-refractivity contribution in [1.82, 2.24) is 4.98 Å². The minimum atomic E-state index is 0.704. The van der Waals surface area contributed by atoms with Gasteiger partial charge in [0.2, 0.25) is 0 Å². The van der Waals surface area contributed by atoms with Crippen LogP contribution in [0.5, 0.6) is 0 Å². The third-order valence-corrected chi connectivity index (χ3v) is 3.97. The topological polar surface area (TPSA) is 12.9 Å². The highest BCUT2D eigenvalue weighted by Gasteiger charge is 2.24. The van der Waals surface area contributed by atoms with Crippen molar-refractivity contribution in [3.8, 4) is 0 Å². The van der Waals surface area contributed by atoms with E-state index < -0.39 is 0 Å². The Bertz CT molecular complexity index is 542. The van der Waals surface area contributed by atoms with E-state index in [0.717, 1.165) is 17.9 Å². The van der Waals surface area contributed by atoms with Gasteiger partial charge in [0.05, 0.1) is 5.52 Å². The molecule has 1 heteroatoms. The number of hydrogen-bond donors (Lipinski definition) is 0. The van der Waals surface area contributed by atoms with E-state index in [1.165, 1.54) is 29.5 Å². The molecule has 1 atom stereocenters. The van der Waals surface area contributed by atoms with E-state index in [1.54, 1.807) is 0 Å². The molecule has 0 spiro atoms. The molecule has 0 saturated heterocycles. The van der Waals surface area contributed by atoms with E-state index in [1.807, 2.05) is 0 Å². The fourth-order valence-electron chi connectivity index (χ4n) is 3.03. The molecule has 0 N–H and O–H groups in total. The van der Waals surface area contributed by atoms with E-state index in [4.69, 9.17) is 4.98 Å². The molecule has 1 aliphatic carbocycles. The van der Waals surface area contributed by atoms with Crippen molar-refractivity contribution >= 4 is 10.9 Å². The highest BCUT2D eigenvalue weighted by atomic mass is 14.7. The van der Waals surface area contributed by atoms with Crippen LogP contribution in [-0.2, 0) is 6.42 Å². The monoisotopic (exact) mass is 225 g/mol. The molecule has 0 aliphatic heterocycles. The number of benzene rings is 1. The summed E-state index contributed by atoms with van der Waals surface area (Å²) in [5, 5.41) is 1.29. The molecule has 88 valence electrons. The smallest absolute Gasteiger partial charge is 0.0705 e. The predicted molar refractivity (Wildman–Crippen MR) is 72.3 cm³/mol. The number of nitrogens with zero attached hydrogens (tertiary/aromatic N) is 1. The Morgan fingerprint density at radius 2 is 2.06 bits per heavy atom. The first-order chi connectivity index (χ1) is 8.25. The average Bonchev–Trinajstić information content (AvgIpc) is 2.35. The maximum atomic E-state index is 4.85. The Hall–Kier alpha value is -1.37. The second-order valence-electron chi connectivity index (χ2n) is 5.46. The average molecular weight is 225 g/mol. The van der Waals surface area contributed by atoms with E-state index in [2.05, 4.69) is 44.2 Å². The van der Waals surface area contributed by atoms with Crippen molar-refractivity contribution in [2.75, 3.05) is 0 Å². The number of para-hydroxylation sites is 1. The van der Waals surface area contributed by atoms with Gasteiger partial charge < -0.3 is 0 Å². The zero-order valence-corrected chi connectivity index (χ0v) is 10.6. The van der Waals surface area contributed by atoms with Crippen LogP contribution in [0.2, 0.25) is 0 Å². The van der Waals surface area contributed by atoms with Crippen LogP contribution in [0.15, 0.2) is 30.3 Å². The van der Waals surface area contributed by atoms with Crippen molar-refractivity contribution in [2.45, 2.75) is 39.0 Å². The van der Waals surface area contributed by atoms with Gasteiger partial charge in [-0.25, -0.2) is 0 Å². The number of aromatic nitrogens is 1. The molecule has 1 nitrogen and oxygen atoms in total. The van der Waals surface area contributed by atoms with Gasteiger partial charge in [-0.05, 0) is 48.8 Å². The summed E-state index contributed by atoms with van der Waals surface area (Å²) >= 11 is 0. The lowest BCUT2D eigenvalue weighted by molar-refractivity contribution is 0.430. The number of hydrogen-bond acceptors (Lipinski definition) is 1. The molecule has 1 unspecified atom stereocenters.